The van der Waals surface area contributed by atoms with Gasteiger partial charge in [0.2, 0.25) is 5.91 Å². The molecule has 0 unspecified atom stereocenters. The van der Waals surface area contributed by atoms with Gasteiger partial charge in [0.15, 0.2) is 11.0 Å². The van der Waals surface area contributed by atoms with E-state index in [-0.39, 0.29) is 11.3 Å². The number of hydrogen-bond acceptors (Lipinski definition) is 5. The molecule has 28 heavy (non-hydrogen) atoms. The van der Waals surface area contributed by atoms with Crippen LogP contribution in [0.1, 0.15) is 45.0 Å². The Morgan fingerprint density at radius 3 is 2.64 bits per heavy atom. The van der Waals surface area contributed by atoms with Crippen LogP contribution >= 0.6 is 11.8 Å². The van der Waals surface area contributed by atoms with Crippen molar-refractivity contribution in [3.05, 3.63) is 48.3 Å². The molecular weight excluding hydrogens is 372 g/mol. The highest BCUT2D eigenvalue weighted by Gasteiger charge is 2.23. The Balaban J connectivity index is 1.60. The number of hydrogen-bond donors (Lipinski definition) is 1. The topological polar surface area (TPSA) is 69.0 Å². The summed E-state index contributed by atoms with van der Waals surface area (Å²) < 4.78 is 7.84. The van der Waals surface area contributed by atoms with E-state index >= 15 is 0 Å². The van der Waals surface area contributed by atoms with Gasteiger partial charge in [-0.2, -0.15) is 0 Å². The Kier molecular flexibility index (Phi) is 6.44. The molecule has 1 fully saturated rings. The largest absolute Gasteiger partial charge is 0.486 e. The highest BCUT2D eigenvalue weighted by atomic mass is 32.2. The first-order valence-corrected chi connectivity index (χ1v) is 10.5. The lowest BCUT2D eigenvalue weighted by Gasteiger charge is -2.19. The molecule has 1 aromatic heterocycles. The molecule has 0 aliphatic heterocycles. The van der Waals surface area contributed by atoms with Gasteiger partial charge in [0.1, 0.15) is 12.4 Å². The van der Waals surface area contributed by atoms with E-state index in [1.807, 2.05) is 16.7 Å². The van der Waals surface area contributed by atoms with E-state index in [0.717, 1.165) is 18.6 Å². The number of benzene rings is 1. The minimum absolute atomic E-state index is 0.0393. The summed E-state index contributed by atoms with van der Waals surface area (Å²) in [7, 11) is 0. The Hall–Kier alpha value is -2.28. The van der Waals surface area contributed by atoms with E-state index in [1.165, 1.54) is 17.3 Å². The number of carbonyl (C=O) groups excluding carboxylic acids is 1. The molecule has 1 heterocycles. The summed E-state index contributed by atoms with van der Waals surface area (Å²) >= 11 is 1.39. The molecule has 3 rings (SSSR count). The van der Waals surface area contributed by atoms with Crippen LogP contribution in [0.15, 0.2) is 42.1 Å². The van der Waals surface area contributed by atoms with Crippen LogP contribution in [0, 0.1) is 0 Å². The summed E-state index contributed by atoms with van der Waals surface area (Å²) in [5.41, 5.74) is 1.37. The van der Waals surface area contributed by atoms with Gasteiger partial charge in [-0.05, 0) is 36.0 Å². The van der Waals surface area contributed by atoms with Crippen molar-refractivity contribution < 1.29 is 9.53 Å². The number of allylic oxidation sites excluding steroid dienone is 1. The van der Waals surface area contributed by atoms with Crippen LogP contribution in [-0.2, 0) is 23.4 Å². The van der Waals surface area contributed by atoms with Crippen LogP contribution in [0.5, 0.6) is 5.75 Å². The SMILES string of the molecule is C=CCn1c(COc2ccc(C(C)(C)C)cc2)nnc1SCC(=O)NC1CC1. The summed E-state index contributed by atoms with van der Waals surface area (Å²) in [6.07, 6.45) is 3.96. The molecule has 1 amide bonds. The lowest BCUT2D eigenvalue weighted by molar-refractivity contribution is -0.118. The van der Waals surface area contributed by atoms with E-state index in [1.54, 1.807) is 6.08 Å². The molecule has 1 N–H and O–H groups in total. The van der Waals surface area contributed by atoms with Gasteiger partial charge in [-0.3, -0.25) is 9.36 Å². The fraction of sp³-hybridized carbons (Fsp3) is 0.476. The molecule has 1 aliphatic carbocycles. The Bertz CT molecular complexity index is 820. The molecule has 2 aromatic rings. The maximum absolute atomic E-state index is 11.9. The molecule has 7 heteroatoms. The number of thioether (sulfide) groups is 1. The first-order valence-electron chi connectivity index (χ1n) is 9.55. The molecular formula is C21H28N4O2S. The average molecular weight is 401 g/mol. The minimum atomic E-state index is 0.0393. The van der Waals surface area contributed by atoms with Crippen LogP contribution in [0.3, 0.4) is 0 Å². The van der Waals surface area contributed by atoms with E-state index < -0.39 is 0 Å². The number of nitrogens with zero attached hydrogens (tertiary/aromatic N) is 3. The smallest absolute Gasteiger partial charge is 0.230 e. The average Bonchev–Trinajstić information content (AvgIpc) is 3.38. The molecule has 1 aliphatic rings. The maximum atomic E-state index is 11.9. The Morgan fingerprint density at radius 1 is 1.32 bits per heavy atom. The van der Waals surface area contributed by atoms with Crippen LogP contribution in [0.4, 0.5) is 0 Å². The summed E-state index contributed by atoms with van der Waals surface area (Å²) in [5, 5.41) is 12.2. The fourth-order valence-electron chi connectivity index (χ4n) is 2.67. The predicted octanol–water partition coefficient (Wildman–Crippen LogP) is 3.71. The molecule has 0 spiro atoms. The molecule has 0 saturated heterocycles. The van der Waals surface area contributed by atoms with Crippen molar-refractivity contribution in [3.63, 3.8) is 0 Å². The zero-order valence-corrected chi connectivity index (χ0v) is 17.6. The number of carbonyl (C=O) groups is 1. The molecule has 0 radical (unpaired) electrons. The third-order valence-electron chi connectivity index (χ3n) is 4.47. The van der Waals surface area contributed by atoms with Crippen molar-refractivity contribution >= 4 is 17.7 Å². The van der Waals surface area contributed by atoms with Crippen molar-refractivity contribution in [2.45, 2.75) is 63.4 Å². The van der Waals surface area contributed by atoms with Gasteiger partial charge in [-0.1, -0.05) is 50.7 Å². The van der Waals surface area contributed by atoms with Crippen molar-refractivity contribution in [1.82, 2.24) is 20.1 Å². The van der Waals surface area contributed by atoms with Crippen molar-refractivity contribution in [2.24, 2.45) is 0 Å². The number of amides is 1. The van der Waals surface area contributed by atoms with Crippen LogP contribution < -0.4 is 10.1 Å². The highest BCUT2D eigenvalue weighted by Crippen LogP contribution is 2.25. The zero-order valence-electron chi connectivity index (χ0n) is 16.8. The van der Waals surface area contributed by atoms with Crippen molar-refractivity contribution in [3.8, 4) is 5.75 Å². The lowest BCUT2D eigenvalue weighted by Crippen LogP contribution is -2.27. The molecule has 6 nitrogen and oxygen atoms in total. The van der Waals surface area contributed by atoms with E-state index in [4.69, 9.17) is 4.74 Å². The van der Waals surface area contributed by atoms with Crippen LogP contribution in [-0.4, -0.2) is 32.5 Å². The van der Waals surface area contributed by atoms with Gasteiger partial charge in [-0.25, -0.2) is 0 Å². The molecule has 1 saturated carbocycles. The molecule has 1 aromatic carbocycles. The van der Waals surface area contributed by atoms with Crippen LogP contribution in [0.2, 0.25) is 0 Å². The number of nitrogens with one attached hydrogen (secondary N) is 1. The van der Waals surface area contributed by atoms with Gasteiger partial charge in [0.25, 0.3) is 0 Å². The van der Waals surface area contributed by atoms with Crippen molar-refractivity contribution in [2.75, 3.05) is 5.75 Å². The molecule has 150 valence electrons. The van der Waals surface area contributed by atoms with Gasteiger partial charge in [0.05, 0.1) is 5.75 Å². The first kappa shape index (κ1) is 20.5. The lowest BCUT2D eigenvalue weighted by atomic mass is 9.87. The van der Waals surface area contributed by atoms with Crippen molar-refractivity contribution in [1.29, 1.82) is 0 Å². The van der Waals surface area contributed by atoms with Gasteiger partial charge in [-0.15, -0.1) is 16.8 Å². The Labute approximate surface area is 170 Å². The standard InChI is InChI=1S/C21H28N4O2S/c1-5-12-25-18(13-27-17-10-6-15(7-11-17)21(2,3)4)23-24-20(25)28-14-19(26)22-16-8-9-16/h5-7,10-11,16H,1,8-9,12-14H2,2-4H3,(H,22,26). The highest BCUT2D eigenvalue weighted by molar-refractivity contribution is 7.99. The third kappa shape index (κ3) is 5.61. The minimum Gasteiger partial charge on any atom is -0.486 e. The third-order valence-corrected chi connectivity index (χ3v) is 5.43. The maximum Gasteiger partial charge on any atom is 0.230 e. The molecule has 0 atom stereocenters. The second-order valence-electron chi connectivity index (χ2n) is 7.99. The first-order chi connectivity index (χ1) is 13.4. The number of rotatable bonds is 9. The summed E-state index contributed by atoms with van der Waals surface area (Å²) in [4.78, 5) is 11.9. The predicted molar refractivity (Wildman–Crippen MR) is 112 cm³/mol. The quantitative estimate of drug-likeness (QED) is 0.513. The molecule has 0 bridgehead atoms. The Morgan fingerprint density at radius 2 is 2.04 bits per heavy atom. The van der Waals surface area contributed by atoms with Crippen LogP contribution in [0.25, 0.3) is 0 Å². The zero-order chi connectivity index (χ0) is 20.1. The second kappa shape index (κ2) is 8.82. The monoisotopic (exact) mass is 400 g/mol. The number of ether oxygens (including phenoxy) is 1. The normalized spacial score (nSPS) is 14.0. The second-order valence-corrected chi connectivity index (χ2v) is 8.93. The van der Waals surface area contributed by atoms with Gasteiger partial charge in [0, 0.05) is 12.6 Å². The number of aromatic nitrogens is 3. The summed E-state index contributed by atoms with van der Waals surface area (Å²) in [6, 6.07) is 8.50. The fourth-order valence-corrected chi connectivity index (χ4v) is 3.45. The summed E-state index contributed by atoms with van der Waals surface area (Å²) in [5.74, 6) is 1.88. The van der Waals surface area contributed by atoms with E-state index in [9.17, 15) is 4.79 Å². The van der Waals surface area contributed by atoms with E-state index in [0.29, 0.717) is 35.9 Å². The summed E-state index contributed by atoms with van der Waals surface area (Å²) in [6.45, 7) is 11.2. The van der Waals surface area contributed by atoms with Gasteiger partial charge >= 0.3 is 0 Å². The van der Waals surface area contributed by atoms with E-state index in [2.05, 4.69) is 55.0 Å². The van der Waals surface area contributed by atoms with Gasteiger partial charge < -0.3 is 10.1 Å².